The first-order valence-corrected chi connectivity index (χ1v) is 11.4. The second-order valence-electron chi connectivity index (χ2n) is 6.25. The van der Waals surface area contributed by atoms with E-state index < -0.39 is 9.84 Å². The summed E-state index contributed by atoms with van der Waals surface area (Å²) >= 11 is 1.32. The summed E-state index contributed by atoms with van der Waals surface area (Å²) in [4.78, 5) is 14.5. The van der Waals surface area contributed by atoms with Crippen molar-refractivity contribution in [2.24, 2.45) is 0 Å². The first-order valence-electron chi connectivity index (χ1n) is 8.58. The topological polar surface area (TPSA) is 85.2 Å². The van der Waals surface area contributed by atoms with Gasteiger partial charge in [-0.25, -0.2) is 8.42 Å². The largest absolute Gasteiger partial charge is 0.338 e. The highest BCUT2D eigenvalue weighted by Crippen LogP contribution is 2.23. The van der Waals surface area contributed by atoms with Crippen molar-refractivity contribution in [3.63, 3.8) is 0 Å². The van der Waals surface area contributed by atoms with Crippen LogP contribution in [0.15, 0.2) is 41.8 Å². The van der Waals surface area contributed by atoms with Crippen LogP contribution in [0, 0.1) is 0 Å². The molecule has 1 saturated heterocycles. The maximum absolute atomic E-state index is 12.7. The lowest BCUT2D eigenvalue weighted by atomic mass is 10.2. The van der Waals surface area contributed by atoms with E-state index in [4.69, 9.17) is 0 Å². The maximum atomic E-state index is 12.7. The molecular formula is C17H22N4O3S2. The first-order chi connectivity index (χ1) is 12.5. The molecule has 0 bridgehead atoms. The molecule has 0 N–H and O–H groups in total. The Morgan fingerprint density at radius 1 is 1.35 bits per heavy atom. The zero-order valence-corrected chi connectivity index (χ0v) is 16.2. The summed E-state index contributed by atoms with van der Waals surface area (Å²) in [6.45, 7) is 2.56. The highest BCUT2D eigenvalue weighted by atomic mass is 32.2. The summed E-state index contributed by atoms with van der Waals surface area (Å²) in [6, 6.07) is 9.48. The number of aromatic nitrogens is 3. The number of carbonyl (C=O) groups is 1. The van der Waals surface area contributed by atoms with Crippen LogP contribution in [0.25, 0.3) is 5.69 Å². The SMILES string of the molecule is CCCN(C(=O)CSc1nncn1-c1ccccc1)[C@H]1CCS(=O)(=O)C1. The van der Waals surface area contributed by atoms with Gasteiger partial charge in [0.1, 0.15) is 6.33 Å². The molecule has 0 saturated carbocycles. The van der Waals surface area contributed by atoms with Gasteiger partial charge in [0.15, 0.2) is 15.0 Å². The number of hydrogen-bond donors (Lipinski definition) is 0. The molecule has 1 atom stereocenters. The monoisotopic (exact) mass is 394 g/mol. The van der Waals surface area contributed by atoms with Crippen LogP contribution in [-0.4, -0.2) is 63.8 Å². The zero-order valence-electron chi connectivity index (χ0n) is 14.6. The van der Waals surface area contributed by atoms with E-state index in [9.17, 15) is 13.2 Å². The number of carbonyl (C=O) groups excluding carboxylic acids is 1. The Kier molecular flexibility index (Phi) is 5.98. The van der Waals surface area contributed by atoms with Gasteiger partial charge in [-0.2, -0.15) is 0 Å². The highest BCUT2D eigenvalue weighted by molar-refractivity contribution is 7.99. The minimum atomic E-state index is -3.02. The fraction of sp³-hybridized carbons (Fsp3) is 0.471. The van der Waals surface area contributed by atoms with E-state index in [1.165, 1.54) is 11.8 Å². The summed E-state index contributed by atoms with van der Waals surface area (Å²) in [7, 11) is -3.02. The van der Waals surface area contributed by atoms with E-state index >= 15 is 0 Å². The Morgan fingerprint density at radius 2 is 2.12 bits per heavy atom. The molecule has 3 rings (SSSR count). The molecule has 1 aliphatic rings. The van der Waals surface area contributed by atoms with Crippen molar-refractivity contribution in [3.8, 4) is 5.69 Å². The van der Waals surface area contributed by atoms with Gasteiger partial charge in [-0.1, -0.05) is 36.9 Å². The number of rotatable bonds is 7. The van der Waals surface area contributed by atoms with Crippen molar-refractivity contribution < 1.29 is 13.2 Å². The van der Waals surface area contributed by atoms with E-state index in [0.717, 1.165) is 12.1 Å². The Morgan fingerprint density at radius 3 is 2.77 bits per heavy atom. The van der Waals surface area contributed by atoms with Crippen LogP contribution in [0.4, 0.5) is 0 Å². The van der Waals surface area contributed by atoms with Crippen LogP contribution in [0.3, 0.4) is 0 Å². The molecule has 26 heavy (non-hydrogen) atoms. The molecule has 9 heteroatoms. The molecule has 1 amide bonds. The van der Waals surface area contributed by atoms with Crippen LogP contribution >= 0.6 is 11.8 Å². The van der Waals surface area contributed by atoms with E-state index in [2.05, 4.69) is 10.2 Å². The summed E-state index contributed by atoms with van der Waals surface area (Å²) in [5, 5.41) is 8.68. The molecule has 0 unspecified atom stereocenters. The molecule has 2 heterocycles. The lowest BCUT2D eigenvalue weighted by Gasteiger charge is -2.27. The van der Waals surface area contributed by atoms with Crippen molar-refractivity contribution in [1.29, 1.82) is 0 Å². The third-order valence-electron chi connectivity index (χ3n) is 4.31. The molecular weight excluding hydrogens is 372 g/mol. The van der Waals surface area contributed by atoms with Crippen molar-refractivity contribution in [2.45, 2.75) is 31.0 Å². The number of sulfone groups is 1. The Balaban J connectivity index is 1.67. The number of hydrogen-bond acceptors (Lipinski definition) is 6. The van der Waals surface area contributed by atoms with Crippen LogP contribution in [0.1, 0.15) is 19.8 Å². The molecule has 0 aliphatic carbocycles. The van der Waals surface area contributed by atoms with Crippen molar-refractivity contribution >= 4 is 27.5 Å². The normalized spacial score (nSPS) is 18.7. The first kappa shape index (κ1) is 18.9. The average molecular weight is 395 g/mol. The van der Waals surface area contributed by atoms with Crippen LogP contribution in [0.5, 0.6) is 0 Å². The number of amides is 1. The number of thioether (sulfide) groups is 1. The molecule has 7 nitrogen and oxygen atoms in total. The van der Waals surface area contributed by atoms with Gasteiger partial charge >= 0.3 is 0 Å². The summed E-state index contributed by atoms with van der Waals surface area (Å²) in [5.41, 5.74) is 0.930. The van der Waals surface area contributed by atoms with Gasteiger partial charge in [0.25, 0.3) is 0 Å². The third-order valence-corrected chi connectivity index (χ3v) is 6.99. The van der Waals surface area contributed by atoms with E-state index in [-0.39, 0.29) is 29.2 Å². The zero-order chi connectivity index (χ0) is 18.6. The second-order valence-corrected chi connectivity index (χ2v) is 9.42. The van der Waals surface area contributed by atoms with Gasteiger partial charge in [0, 0.05) is 18.3 Å². The van der Waals surface area contributed by atoms with Gasteiger partial charge in [-0.05, 0) is 25.0 Å². The van der Waals surface area contributed by atoms with Crippen molar-refractivity contribution in [2.75, 3.05) is 23.8 Å². The summed E-state index contributed by atoms with van der Waals surface area (Å²) < 4.78 is 25.3. The molecule has 2 aromatic rings. The third kappa shape index (κ3) is 4.45. The molecule has 140 valence electrons. The van der Waals surface area contributed by atoms with E-state index in [1.807, 2.05) is 41.8 Å². The molecule has 0 spiro atoms. The van der Waals surface area contributed by atoms with Gasteiger partial charge < -0.3 is 4.90 Å². The molecule has 0 radical (unpaired) electrons. The quantitative estimate of drug-likeness (QED) is 0.666. The molecule has 1 aliphatic heterocycles. The minimum absolute atomic E-state index is 0.0541. The van der Waals surface area contributed by atoms with Gasteiger partial charge in [-0.15, -0.1) is 10.2 Å². The molecule has 1 aromatic heterocycles. The smallest absolute Gasteiger partial charge is 0.233 e. The minimum Gasteiger partial charge on any atom is -0.338 e. The second kappa shape index (κ2) is 8.22. The number of para-hydroxylation sites is 1. The highest BCUT2D eigenvalue weighted by Gasteiger charge is 2.34. The Labute approximate surface area is 157 Å². The van der Waals surface area contributed by atoms with Crippen molar-refractivity contribution in [3.05, 3.63) is 36.7 Å². The Bertz CT molecular complexity index is 852. The van der Waals surface area contributed by atoms with Gasteiger partial charge in [0.2, 0.25) is 5.91 Å². The predicted octanol–water partition coefficient (Wildman–Crippen LogP) is 1.79. The van der Waals surface area contributed by atoms with Crippen LogP contribution in [0.2, 0.25) is 0 Å². The maximum Gasteiger partial charge on any atom is 0.233 e. The molecule has 1 fully saturated rings. The van der Waals surface area contributed by atoms with E-state index in [0.29, 0.717) is 18.1 Å². The standard InChI is InChI=1S/C17H22N4O3S2/c1-2-9-20(15-8-10-26(23,24)12-15)16(22)11-25-17-19-18-13-21(17)14-6-4-3-5-7-14/h3-7,13,15H,2,8-12H2,1H3/t15-/m0/s1. The summed E-state index contributed by atoms with van der Waals surface area (Å²) in [5.74, 6) is 0.397. The fourth-order valence-electron chi connectivity index (χ4n) is 3.07. The summed E-state index contributed by atoms with van der Waals surface area (Å²) in [6.07, 6.45) is 2.95. The number of benzene rings is 1. The van der Waals surface area contributed by atoms with Crippen LogP contribution < -0.4 is 0 Å². The van der Waals surface area contributed by atoms with Gasteiger partial charge in [-0.3, -0.25) is 9.36 Å². The van der Waals surface area contributed by atoms with Crippen molar-refractivity contribution in [1.82, 2.24) is 19.7 Å². The predicted molar refractivity (Wildman–Crippen MR) is 101 cm³/mol. The van der Waals surface area contributed by atoms with E-state index in [1.54, 1.807) is 11.2 Å². The van der Waals surface area contributed by atoms with Gasteiger partial charge in [0.05, 0.1) is 17.3 Å². The Hall–Kier alpha value is -1.87. The van der Waals surface area contributed by atoms with Crippen LogP contribution in [-0.2, 0) is 14.6 Å². The molecule has 1 aromatic carbocycles. The average Bonchev–Trinajstić information content (AvgIpc) is 3.24. The lowest BCUT2D eigenvalue weighted by Crippen LogP contribution is -2.42. The number of nitrogens with zero attached hydrogens (tertiary/aromatic N) is 4. The fourth-order valence-corrected chi connectivity index (χ4v) is 5.62. The lowest BCUT2D eigenvalue weighted by molar-refractivity contribution is -0.130.